The van der Waals surface area contributed by atoms with Gasteiger partial charge in [-0.05, 0) is 12.1 Å². The van der Waals surface area contributed by atoms with Gasteiger partial charge in [-0.3, -0.25) is 0 Å². The molecule has 0 saturated carbocycles. The maximum atomic E-state index is 5.15. The lowest BCUT2D eigenvalue weighted by molar-refractivity contribution is 0.474. The number of rotatable bonds is 2. The summed E-state index contributed by atoms with van der Waals surface area (Å²) in [5.41, 5.74) is 2.54. The topological polar surface area (TPSA) is 17.5 Å². The second kappa shape index (κ2) is 3.14. The van der Waals surface area contributed by atoms with Crippen LogP contribution in [0, 0.1) is 0 Å². The lowest BCUT2D eigenvalue weighted by atomic mass is 10.2. The Kier molecular flexibility index (Phi) is 1.64. The summed E-state index contributed by atoms with van der Waals surface area (Å²) in [7, 11) is 0. The number of hydrogen-bond donors (Lipinski definition) is 0. The number of benzene rings is 2. The molecule has 1 aromatic heterocycles. The van der Waals surface area contributed by atoms with Crippen molar-refractivity contribution in [1.29, 1.82) is 0 Å². The molecule has 0 amide bonds. The van der Waals surface area contributed by atoms with Crippen molar-refractivity contribution in [1.82, 2.24) is 4.57 Å². The highest BCUT2D eigenvalue weighted by Gasteiger charge is 2.15. The van der Waals surface area contributed by atoms with Crippen molar-refractivity contribution >= 4 is 21.8 Å². The average Bonchev–Trinajstić information content (AvgIpc) is 3.15. The fraction of sp³-hybridized carbons (Fsp3) is 0.0667. The highest BCUT2D eigenvalue weighted by atomic mass is 16.5. The summed E-state index contributed by atoms with van der Waals surface area (Å²) < 4.78 is 7.46. The van der Waals surface area contributed by atoms with Crippen LogP contribution < -0.4 is 0 Å². The van der Waals surface area contributed by atoms with E-state index in [2.05, 4.69) is 53.1 Å². The number of aromatic nitrogens is 1. The molecule has 0 saturated heterocycles. The van der Waals surface area contributed by atoms with Crippen LogP contribution in [-0.2, 0) is 11.3 Å². The van der Waals surface area contributed by atoms with Crippen LogP contribution in [-0.4, -0.2) is 4.57 Å². The third-order valence-electron chi connectivity index (χ3n) is 3.28. The summed E-state index contributed by atoms with van der Waals surface area (Å²) >= 11 is 0. The molecule has 2 aromatic carbocycles. The summed E-state index contributed by atoms with van der Waals surface area (Å²) in [6.45, 7) is 0.827. The zero-order chi connectivity index (χ0) is 11.2. The molecule has 0 aliphatic carbocycles. The average molecular weight is 221 g/mol. The molecule has 3 aromatic rings. The number of allylic oxidation sites excluding steroid dienone is 1. The van der Waals surface area contributed by atoms with Gasteiger partial charge in [-0.2, -0.15) is 0 Å². The Morgan fingerprint density at radius 1 is 0.824 bits per heavy atom. The fourth-order valence-corrected chi connectivity index (χ4v) is 2.45. The van der Waals surface area contributed by atoms with E-state index in [1.165, 1.54) is 21.8 Å². The molecule has 17 heavy (non-hydrogen) atoms. The molecule has 82 valence electrons. The van der Waals surface area contributed by atoms with Gasteiger partial charge < -0.3 is 9.30 Å². The predicted octanol–water partition coefficient (Wildman–Crippen LogP) is 3.67. The minimum Gasteiger partial charge on any atom is -0.461 e. The normalized spacial score (nSPS) is 13.8. The second-order valence-electron chi connectivity index (χ2n) is 4.32. The molecule has 1 aliphatic rings. The molecular formula is C15H11NO. The molecule has 4 rings (SSSR count). The van der Waals surface area contributed by atoms with Crippen molar-refractivity contribution in [3.05, 3.63) is 60.6 Å². The zero-order valence-electron chi connectivity index (χ0n) is 9.26. The summed E-state index contributed by atoms with van der Waals surface area (Å²) in [4.78, 5) is 0. The minimum absolute atomic E-state index is 0.827. The predicted molar refractivity (Wildman–Crippen MR) is 68.6 cm³/mol. The molecule has 0 fully saturated rings. The highest BCUT2D eigenvalue weighted by molar-refractivity contribution is 6.07. The molecule has 0 bridgehead atoms. The molecule has 2 nitrogen and oxygen atoms in total. The van der Waals surface area contributed by atoms with Gasteiger partial charge in [0.1, 0.15) is 6.26 Å². The first kappa shape index (κ1) is 8.88. The van der Waals surface area contributed by atoms with Gasteiger partial charge in [-0.1, -0.05) is 36.4 Å². The summed E-state index contributed by atoms with van der Waals surface area (Å²) in [6.07, 6.45) is 1.81. The Labute approximate surface area is 98.7 Å². The molecule has 0 unspecified atom stereocenters. The third-order valence-corrected chi connectivity index (χ3v) is 3.28. The first-order chi connectivity index (χ1) is 8.43. The number of nitrogens with zero attached hydrogens (tertiary/aromatic N) is 1. The first-order valence-electron chi connectivity index (χ1n) is 5.75. The lowest BCUT2D eigenvalue weighted by Gasteiger charge is -2.02. The van der Waals surface area contributed by atoms with E-state index >= 15 is 0 Å². The maximum Gasteiger partial charge on any atom is 0.158 e. The van der Waals surface area contributed by atoms with Crippen molar-refractivity contribution in [3.8, 4) is 0 Å². The maximum absolute atomic E-state index is 5.15. The van der Waals surface area contributed by atoms with Crippen LogP contribution in [0.25, 0.3) is 21.8 Å². The van der Waals surface area contributed by atoms with E-state index in [9.17, 15) is 0 Å². The Bertz CT molecular complexity index is 699. The van der Waals surface area contributed by atoms with E-state index in [4.69, 9.17) is 4.74 Å². The van der Waals surface area contributed by atoms with Gasteiger partial charge in [0.15, 0.2) is 5.76 Å². The quantitative estimate of drug-likeness (QED) is 0.645. The second-order valence-corrected chi connectivity index (χ2v) is 4.32. The van der Waals surface area contributed by atoms with E-state index in [-0.39, 0.29) is 0 Å². The third kappa shape index (κ3) is 1.27. The number of ether oxygens (including phenoxy) is 1. The van der Waals surface area contributed by atoms with Crippen molar-refractivity contribution in [2.45, 2.75) is 6.54 Å². The van der Waals surface area contributed by atoms with Crippen LogP contribution in [0.2, 0.25) is 0 Å². The Morgan fingerprint density at radius 3 is 1.88 bits per heavy atom. The Morgan fingerprint density at radius 2 is 1.35 bits per heavy atom. The van der Waals surface area contributed by atoms with Crippen LogP contribution in [0.5, 0.6) is 0 Å². The zero-order valence-corrected chi connectivity index (χ0v) is 9.26. The molecule has 2 heteroatoms. The van der Waals surface area contributed by atoms with Gasteiger partial charge in [0, 0.05) is 21.8 Å². The van der Waals surface area contributed by atoms with Gasteiger partial charge in [0.2, 0.25) is 0 Å². The summed E-state index contributed by atoms with van der Waals surface area (Å²) in [6, 6.07) is 17.0. The van der Waals surface area contributed by atoms with Gasteiger partial charge in [0.05, 0.1) is 6.54 Å². The minimum atomic E-state index is 0.827. The van der Waals surface area contributed by atoms with Crippen molar-refractivity contribution in [3.63, 3.8) is 0 Å². The van der Waals surface area contributed by atoms with Crippen molar-refractivity contribution < 1.29 is 4.74 Å². The molecular weight excluding hydrogens is 210 g/mol. The summed E-state index contributed by atoms with van der Waals surface area (Å²) in [5, 5.41) is 2.62. The lowest BCUT2D eigenvalue weighted by Crippen LogP contribution is -1.95. The van der Waals surface area contributed by atoms with Crippen molar-refractivity contribution in [2.24, 2.45) is 0 Å². The molecule has 0 atom stereocenters. The van der Waals surface area contributed by atoms with E-state index in [0.29, 0.717) is 0 Å². The standard InChI is InChI=1S/C15H11NO/c1-3-7-14-12(5-1)13-6-2-4-8-15(13)16(14)9-11-10-17-11/h1-8,10H,9H2. The SMILES string of the molecule is C1=C(Cn2c3ccccc3c3ccccc32)O1. The molecule has 2 heterocycles. The van der Waals surface area contributed by atoms with Crippen LogP contribution in [0.15, 0.2) is 60.6 Å². The fourth-order valence-electron chi connectivity index (χ4n) is 2.45. The van der Waals surface area contributed by atoms with Gasteiger partial charge >= 0.3 is 0 Å². The Hall–Kier alpha value is -2.22. The van der Waals surface area contributed by atoms with Gasteiger partial charge in [-0.15, -0.1) is 0 Å². The van der Waals surface area contributed by atoms with Crippen molar-refractivity contribution in [2.75, 3.05) is 0 Å². The molecule has 0 spiro atoms. The van der Waals surface area contributed by atoms with Gasteiger partial charge in [-0.25, -0.2) is 0 Å². The highest BCUT2D eigenvalue weighted by Crippen LogP contribution is 2.30. The van der Waals surface area contributed by atoms with Gasteiger partial charge in [0.25, 0.3) is 0 Å². The van der Waals surface area contributed by atoms with Crippen LogP contribution >= 0.6 is 0 Å². The van der Waals surface area contributed by atoms with Crippen LogP contribution in [0.4, 0.5) is 0 Å². The largest absolute Gasteiger partial charge is 0.461 e. The Balaban J connectivity index is 2.13. The van der Waals surface area contributed by atoms with E-state index < -0.39 is 0 Å². The van der Waals surface area contributed by atoms with E-state index in [1.54, 1.807) is 0 Å². The molecule has 0 radical (unpaired) electrons. The van der Waals surface area contributed by atoms with Crippen LogP contribution in [0.3, 0.4) is 0 Å². The summed E-state index contributed by atoms with van der Waals surface area (Å²) in [5.74, 6) is 1.05. The molecule has 1 aliphatic heterocycles. The van der Waals surface area contributed by atoms with Crippen LogP contribution in [0.1, 0.15) is 0 Å². The smallest absolute Gasteiger partial charge is 0.158 e. The van der Waals surface area contributed by atoms with E-state index in [1.807, 2.05) is 6.26 Å². The number of para-hydroxylation sites is 2. The monoisotopic (exact) mass is 221 g/mol. The number of fused-ring (bicyclic) bond motifs is 3. The van der Waals surface area contributed by atoms with E-state index in [0.717, 1.165) is 12.3 Å². The number of hydrogen-bond acceptors (Lipinski definition) is 1. The molecule has 0 N–H and O–H groups in total. The first-order valence-corrected chi connectivity index (χ1v) is 5.75.